The second-order valence-corrected chi connectivity index (χ2v) is 34.8. The van der Waals surface area contributed by atoms with E-state index in [-0.39, 0.29) is 163 Å². The Morgan fingerprint density at radius 3 is 0.585 bits per heavy atom. The van der Waals surface area contributed by atoms with Crippen molar-refractivity contribution in [3.05, 3.63) is 66.0 Å². The van der Waals surface area contributed by atoms with E-state index in [0.717, 1.165) is 6.08 Å². The Morgan fingerprint density at radius 1 is 0.230 bits per heavy atom. The average Bonchev–Trinajstić information content (AvgIpc) is 1.79. The highest BCUT2D eigenvalue weighted by Gasteiger charge is 2.60. The van der Waals surface area contributed by atoms with Gasteiger partial charge in [-0.1, -0.05) is 231 Å². The van der Waals surface area contributed by atoms with Crippen LogP contribution in [0.5, 0.6) is 34.5 Å². The molecule has 4 aromatic rings. The molecule has 10 nitrogen and oxygen atoms in total. The molecule has 0 saturated heterocycles. The second-order valence-electron chi connectivity index (χ2n) is 34.8. The number of ether oxygens (including phenoxy) is 6. The van der Waals surface area contributed by atoms with E-state index in [1.807, 2.05) is 0 Å². The molecule has 0 spiro atoms. The van der Waals surface area contributed by atoms with Gasteiger partial charge in [0.25, 0.3) is 0 Å². The number of aromatic amines is 2. The molecule has 780 valence electrons. The van der Waals surface area contributed by atoms with E-state index in [4.69, 9.17) is 28.4 Å². The Bertz CT molecular complexity index is 3760. The van der Waals surface area contributed by atoms with Crippen LogP contribution in [0, 0.1) is 0 Å². The number of hydrogen-bond donors (Lipinski definition) is 3. The van der Waals surface area contributed by atoms with Gasteiger partial charge in [0.05, 0.1) is 51.0 Å². The van der Waals surface area contributed by atoms with E-state index in [1.54, 1.807) is 36.4 Å². The van der Waals surface area contributed by atoms with Crippen LogP contribution in [0.25, 0.3) is 28.3 Å². The molecule has 0 saturated carbocycles. The molecule has 2 heterocycles. The highest BCUT2D eigenvalue weighted by Crippen LogP contribution is 2.49. The van der Waals surface area contributed by atoms with Crippen molar-refractivity contribution in [2.45, 2.75) is 419 Å². The number of halogens is 30. The number of ketones is 1. The lowest BCUT2D eigenvalue weighted by molar-refractivity contribution is -0.284. The minimum atomic E-state index is -5.64. The Hall–Kier alpha value is -7.09. The van der Waals surface area contributed by atoms with Gasteiger partial charge in [-0.2, -0.15) is 132 Å². The SMILES string of the molecule is O=C(/C=C(\O)c1ccc(-c2cc(OCCCCCCCCCCC(F)(F)C(F)(F)F)c(OCCCCCCCCCCC(F)(F)C(F)(F)F)c(OCCCCCCCCCCC(F)(F)C(F)(F)F)c2)[nH]1)c1ccc(-c2cc(OCCCCCCCCCCC(F)(F)C(F)(F)F)c(OCCCCCCCCCCC(F)(F)C(F)(F)F)c(OCCCCCCCCCCC(F)(F)C(F)(F)F)c2)[nH]1. The zero-order valence-electron chi connectivity index (χ0n) is 76.3. The average molecular weight is 2000 g/mol. The molecule has 0 radical (unpaired) electrons. The van der Waals surface area contributed by atoms with Crippen molar-refractivity contribution in [3.63, 3.8) is 0 Å². The molecule has 0 fully saturated rings. The number of benzene rings is 2. The van der Waals surface area contributed by atoms with Gasteiger partial charge in [-0.15, -0.1) is 0 Å². The maximum Gasteiger partial charge on any atom is 0.453 e. The first-order valence-electron chi connectivity index (χ1n) is 47.4. The number of allylic oxidation sites excluding steroid dienone is 1. The first-order chi connectivity index (χ1) is 63.2. The van der Waals surface area contributed by atoms with Gasteiger partial charge in [-0.3, -0.25) is 4.79 Å². The molecule has 0 bridgehead atoms. The summed E-state index contributed by atoms with van der Waals surface area (Å²) in [5.74, 6) is -28.8. The van der Waals surface area contributed by atoms with E-state index in [0.29, 0.717) is 254 Å². The van der Waals surface area contributed by atoms with Crippen molar-refractivity contribution in [3.8, 4) is 57.0 Å². The van der Waals surface area contributed by atoms with Gasteiger partial charge in [0.1, 0.15) is 5.76 Å². The summed E-state index contributed by atoms with van der Waals surface area (Å²) in [5, 5.41) is 11.7. The van der Waals surface area contributed by atoms with E-state index in [9.17, 15) is 142 Å². The minimum absolute atomic E-state index is 0.0246. The maximum absolute atomic E-state index is 14.3. The van der Waals surface area contributed by atoms with Crippen LogP contribution < -0.4 is 28.4 Å². The lowest BCUT2D eigenvalue weighted by Gasteiger charge is -2.19. The molecule has 0 atom stereocenters. The standard InChI is InChI=1S/C95H132F30N2O8/c96-84(97,90(108,109)110)53-37-25-13-1-7-19-31-43-59-130-78-65-70(66-79(131-60-44-32-20-8-2-14-26-38-54-85(98,99)91(111,112)113)82(78)134-63-47-35-23-11-5-17-29-41-57-88(104,105)94(120,121)122)72-49-51-74(126-72)76(128)69-77(129)75-52-50-73(127-75)71-67-80(132-61-45-33-21-9-3-15-27-39-55-86(100,101)92(114,115)116)83(135-64-48-36-24-12-6-18-30-42-58-89(106,107)95(123,124)125)81(68-71)133-62-46-34-22-10-4-16-28-40-56-87(102,103)93(117,118)119/h49-52,65-69,126-128H,1-48,53-64H2/b76-69-. The minimum Gasteiger partial charge on any atom is -0.506 e. The highest BCUT2D eigenvalue weighted by molar-refractivity contribution is 6.07. The van der Waals surface area contributed by atoms with Crippen LogP contribution in [0.2, 0.25) is 0 Å². The Balaban J connectivity index is 1.65. The fourth-order valence-corrected chi connectivity index (χ4v) is 14.9. The number of unbranched alkanes of at least 4 members (excludes halogenated alkanes) is 42. The molecule has 3 N–H and O–H groups in total. The molecule has 0 aliphatic heterocycles. The van der Waals surface area contributed by atoms with Gasteiger partial charge >= 0.3 is 72.6 Å². The summed E-state index contributed by atoms with van der Waals surface area (Å²) in [6, 6.07) is 12.6. The fraction of sp³-hybridized carbons (Fsp3) is 0.758. The maximum atomic E-state index is 14.3. The second kappa shape index (κ2) is 59.5. The molecule has 2 aromatic carbocycles. The number of nitrogens with one attached hydrogen (secondary N) is 2. The quantitative estimate of drug-likeness (QED) is 0.0131. The van der Waals surface area contributed by atoms with Gasteiger partial charge < -0.3 is 43.5 Å². The number of rotatable bonds is 77. The molecule has 0 aliphatic carbocycles. The molecule has 40 heteroatoms. The van der Waals surface area contributed by atoms with Gasteiger partial charge in [-0.25, -0.2) is 0 Å². The number of carbonyl (C=O) groups excluding carboxylic acids is 1. The van der Waals surface area contributed by atoms with Crippen molar-refractivity contribution in [1.29, 1.82) is 0 Å². The number of aliphatic hydroxyl groups excluding tert-OH is 1. The van der Waals surface area contributed by atoms with Gasteiger partial charge in [0, 0.05) is 67.1 Å². The van der Waals surface area contributed by atoms with Gasteiger partial charge in [-0.05, 0) is 126 Å². The van der Waals surface area contributed by atoms with Crippen molar-refractivity contribution in [2.75, 3.05) is 39.6 Å². The molecule has 2 aromatic heterocycles. The summed E-state index contributed by atoms with van der Waals surface area (Å²) in [7, 11) is 0. The summed E-state index contributed by atoms with van der Waals surface area (Å²) >= 11 is 0. The van der Waals surface area contributed by atoms with E-state index in [2.05, 4.69) is 9.97 Å². The highest BCUT2D eigenvalue weighted by atomic mass is 19.5. The molecule has 0 aliphatic rings. The van der Waals surface area contributed by atoms with Crippen LogP contribution in [0.15, 0.2) is 54.6 Å². The first-order valence-corrected chi connectivity index (χ1v) is 47.4. The summed E-state index contributed by atoms with van der Waals surface area (Å²) in [5.41, 5.74) is 1.54. The van der Waals surface area contributed by atoms with Crippen molar-refractivity contribution >= 4 is 11.5 Å². The number of aliphatic hydroxyl groups is 1. The zero-order valence-corrected chi connectivity index (χ0v) is 76.3. The molecular formula is C95H132F30N2O8. The lowest BCUT2D eigenvalue weighted by Crippen LogP contribution is -2.36. The van der Waals surface area contributed by atoms with E-state index >= 15 is 0 Å². The van der Waals surface area contributed by atoms with Gasteiger partial charge in [0.2, 0.25) is 17.3 Å². The molecule has 0 unspecified atom stereocenters. The lowest BCUT2D eigenvalue weighted by atomic mass is 10.0. The van der Waals surface area contributed by atoms with Crippen molar-refractivity contribution < 1.29 is 170 Å². The first kappa shape index (κ1) is 120. The number of aromatic nitrogens is 2. The van der Waals surface area contributed by atoms with Crippen LogP contribution in [-0.2, 0) is 0 Å². The third-order valence-electron chi connectivity index (χ3n) is 23.2. The fourth-order valence-electron chi connectivity index (χ4n) is 14.9. The molecule has 135 heavy (non-hydrogen) atoms. The Kier molecular flexibility index (Phi) is 53.0. The Morgan fingerprint density at radius 2 is 0.393 bits per heavy atom. The predicted molar refractivity (Wildman–Crippen MR) is 456 cm³/mol. The normalized spacial score (nSPS) is 13.4. The molecular weight excluding hydrogens is 1870 g/mol. The van der Waals surface area contributed by atoms with E-state index < -0.39 is 123 Å². The number of H-pyrrole nitrogens is 2. The summed E-state index contributed by atoms with van der Waals surface area (Å²) in [4.78, 5) is 20.5. The van der Waals surface area contributed by atoms with Crippen molar-refractivity contribution in [1.82, 2.24) is 9.97 Å². The number of alkyl halides is 30. The van der Waals surface area contributed by atoms with Crippen molar-refractivity contribution in [2.24, 2.45) is 0 Å². The largest absolute Gasteiger partial charge is 0.506 e. The van der Waals surface area contributed by atoms with E-state index in [1.165, 1.54) is 12.1 Å². The number of carbonyl (C=O) groups is 1. The third-order valence-corrected chi connectivity index (χ3v) is 23.2. The van der Waals surface area contributed by atoms with Crippen LogP contribution in [0.3, 0.4) is 0 Å². The van der Waals surface area contributed by atoms with Crippen LogP contribution in [0.1, 0.15) is 363 Å². The van der Waals surface area contributed by atoms with Gasteiger partial charge in [0.15, 0.2) is 23.0 Å². The predicted octanol–water partition coefficient (Wildman–Crippen LogP) is 36.0. The number of hydrogen-bond acceptors (Lipinski definition) is 8. The Labute approximate surface area is 770 Å². The zero-order chi connectivity index (χ0) is 101. The van der Waals surface area contributed by atoms with Crippen LogP contribution in [0.4, 0.5) is 132 Å². The van der Waals surface area contributed by atoms with Crippen LogP contribution >= 0.6 is 0 Å². The molecule has 4 rings (SSSR count). The summed E-state index contributed by atoms with van der Waals surface area (Å²) in [6.45, 7) is 0.624. The topological polar surface area (TPSA) is 124 Å². The summed E-state index contributed by atoms with van der Waals surface area (Å²) in [6.07, 6.45) is -21.4. The summed E-state index contributed by atoms with van der Waals surface area (Å²) < 4.78 is 429. The monoisotopic (exact) mass is 2000 g/mol. The smallest absolute Gasteiger partial charge is 0.453 e. The third kappa shape index (κ3) is 46.3. The van der Waals surface area contributed by atoms with Crippen LogP contribution in [-0.4, -0.2) is 133 Å². The molecule has 0 amide bonds.